The van der Waals surface area contributed by atoms with Gasteiger partial charge in [0.25, 0.3) is 0 Å². The van der Waals surface area contributed by atoms with Crippen molar-refractivity contribution >= 4 is 40.1 Å². The highest BCUT2D eigenvalue weighted by Crippen LogP contribution is 2.42. The van der Waals surface area contributed by atoms with Crippen molar-refractivity contribution in [2.45, 2.75) is 57.2 Å². The van der Waals surface area contributed by atoms with Crippen LogP contribution in [-0.2, 0) is 25.5 Å². The molecule has 0 spiro atoms. The van der Waals surface area contributed by atoms with Crippen LogP contribution in [0.5, 0.6) is 0 Å². The molecule has 2 aromatic carbocycles. The molecule has 1 aliphatic rings. The number of aromatic nitrogens is 1. The van der Waals surface area contributed by atoms with Gasteiger partial charge in [0.05, 0.1) is 12.6 Å². The highest BCUT2D eigenvalue weighted by Gasteiger charge is 2.44. The lowest BCUT2D eigenvalue weighted by molar-refractivity contribution is -0.157. The van der Waals surface area contributed by atoms with Gasteiger partial charge in [0, 0.05) is 41.4 Å². The minimum Gasteiger partial charge on any atom is -0.462 e. The number of anilines is 1. The first-order chi connectivity index (χ1) is 18.9. The van der Waals surface area contributed by atoms with Crippen LogP contribution in [0, 0.1) is 0 Å². The quantitative estimate of drug-likeness (QED) is 0.125. The van der Waals surface area contributed by atoms with Gasteiger partial charge in [0.2, 0.25) is 5.91 Å². The van der Waals surface area contributed by atoms with E-state index in [-0.39, 0.29) is 30.5 Å². The molecule has 39 heavy (non-hydrogen) atoms. The van der Waals surface area contributed by atoms with Crippen molar-refractivity contribution in [2.75, 3.05) is 31.5 Å². The zero-order valence-electron chi connectivity index (χ0n) is 23.0. The van der Waals surface area contributed by atoms with Crippen molar-refractivity contribution in [3.8, 4) is 0 Å². The number of nitrogens with one attached hydrogen (secondary N) is 2. The number of alkyl halides is 1. The molecule has 0 saturated heterocycles. The summed E-state index contributed by atoms with van der Waals surface area (Å²) in [6, 6.07) is 14.7. The average molecular weight is 552 g/mol. The number of fused-ring (bicyclic) bond motifs is 3. The zero-order chi connectivity index (χ0) is 28.0. The highest BCUT2D eigenvalue weighted by atomic mass is 35.5. The lowest BCUT2D eigenvalue weighted by Crippen LogP contribution is -2.52. The molecule has 0 radical (unpaired) electrons. The number of nitrogens with zero attached hydrogens (tertiary/aromatic N) is 1. The number of methoxy groups -OCH3 is 1. The summed E-state index contributed by atoms with van der Waals surface area (Å²) in [5.74, 6) is -1.04. The molecule has 2 atom stereocenters. The summed E-state index contributed by atoms with van der Waals surface area (Å²) < 4.78 is 10.6. The molecule has 0 unspecified atom stereocenters. The summed E-state index contributed by atoms with van der Waals surface area (Å²) in [5.41, 5.74) is 4.64. The number of hydrogen-bond acceptors (Lipinski definition) is 5. The van der Waals surface area contributed by atoms with Crippen molar-refractivity contribution < 1.29 is 19.1 Å². The largest absolute Gasteiger partial charge is 0.462 e. The lowest BCUT2D eigenvalue weighted by atomic mass is 9.87. The van der Waals surface area contributed by atoms with Gasteiger partial charge in [0.15, 0.2) is 0 Å². The van der Waals surface area contributed by atoms with Gasteiger partial charge in [-0.05, 0) is 48.6 Å². The van der Waals surface area contributed by atoms with Crippen molar-refractivity contribution in [1.82, 2.24) is 9.88 Å². The van der Waals surface area contributed by atoms with Gasteiger partial charge < -0.3 is 24.7 Å². The third-order valence-corrected chi connectivity index (χ3v) is 8.09. The highest BCUT2D eigenvalue weighted by molar-refractivity contribution is 6.27. The fourth-order valence-corrected chi connectivity index (χ4v) is 5.75. The van der Waals surface area contributed by atoms with Gasteiger partial charge in [-0.3, -0.25) is 4.79 Å². The Balaban J connectivity index is 1.78. The fourth-order valence-electron chi connectivity index (χ4n) is 5.62. The Morgan fingerprint density at radius 2 is 1.87 bits per heavy atom. The number of benzene rings is 2. The second kappa shape index (κ2) is 12.7. The SMILES string of the molecule is C=CCC(CC)(CC)Nc1ccc([C@H]2c3[nH]c4ccccc4c3C[C@H](C(=O)OCCOC)N2C(=O)CCl)cc1. The number of carbonyl (C=O) groups is 2. The number of carbonyl (C=O) groups excluding carboxylic acids is 2. The third-order valence-electron chi connectivity index (χ3n) is 7.86. The van der Waals surface area contributed by atoms with Crippen LogP contribution in [0.2, 0.25) is 0 Å². The van der Waals surface area contributed by atoms with E-state index >= 15 is 0 Å². The van der Waals surface area contributed by atoms with Crippen molar-refractivity contribution in [3.05, 3.63) is 78.0 Å². The van der Waals surface area contributed by atoms with E-state index in [1.54, 1.807) is 12.0 Å². The van der Waals surface area contributed by atoms with Crippen LogP contribution >= 0.6 is 11.6 Å². The molecule has 0 bridgehead atoms. The molecule has 8 heteroatoms. The van der Waals surface area contributed by atoms with Crippen LogP contribution in [0.3, 0.4) is 0 Å². The van der Waals surface area contributed by atoms with E-state index in [1.165, 1.54) is 0 Å². The van der Waals surface area contributed by atoms with E-state index in [9.17, 15) is 9.59 Å². The molecule has 1 aliphatic heterocycles. The van der Waals surface area contributed by atoms with Gasteiger partial charge in [-0.25, -0.2) is 4.79 Å². The molecular weight excluding hydrogens is 514 g/mol. The molecule has 1 amide bonds. The van der Waals surface area contributed by atoms with Crippen molar-refractivity contribution in [2.24, 2.45) is 0 Å². The zero-order valence-corrected chi connectivity index (χ0v) is 23.7. The number of rotatable bonds is 12. The number of halogens is 1. The Bertz CT molecular complexity index is 1300. The van der Waals surface area contributed by atoms with Gasteiger partial charge >= 0.3 is 5.97 Å². The molecule has 0 fully saturated rings. The maximum absolute atomic E-state index is 13.4. The molecular formula is C31H38ClN3O4. The van der Waals surface area contributed by atoms with Gasteiger partial charge in [-0.1, -0.05) is 50.3 Å². The Labute approximate surface area is 235 Å². The molecule has 2 heterocycles. The third kappa shape index (κ3) is 5.85. The first-order valence-electron chi connectivity index (χ1n) is 13.5. The van der Waals surface area contributed by atoms with E-state index in [4.69, 9.17) is 21.1 Å². The number of H-pyrrole nitrogens is 1. The Morgan fingerprint density at radius 1 is 1.15 bits per heavy atom. The minimum absolute atomic E-state index is 0.0733. The maximum atomic E-state index is 13.4. The summed E-state index contributed by atoms with van der Waals surface area (Å²) in [7, 11) is 1.55. The Hall–Kier alpha value is -3.29. The first kappa shape index (κ1) is 28.7. The van der Waals surface area contributed by atoms with Crippen LogP contribution in [0.15, 0.2) is 61.2 Å². The monoisotopic (exact) mass is 551 g/mol. The number of esters is 1. The Morgan fingerprint density at radius 3 is 2.51 bits per heavy atom. The van der Waals surface area contributed by atoms with Crippen LogP contribution in [0.4, 0.5) is 5.69 Å². The van der Waals surface area contributed by atoms with E-state index in [2.05, 4.69) is 30.7 Å². The second-order valence-electron chi connectivity index (χ2n) is 10.0. The summed E-state index contributed by atoms with van der Waals surface area (Å²) >= 11 is 6.11. The van der Waals surface area contributed by atoms with Crippen LogP contribution in [-0.4, -0.2) is 59.5 Å². The molecule has 4 rings (SSSR count). The number of para-hydroxylation sites is 1. The minimum atomic E-state index is -0.817. The van der Waals surface area contributed by atoms with E-state index < -0.39 is 18.1 Å². The molecule has 1 aromatic heterocycles. The predicted octanol–water partition coefficient (Wildman–Crippen LogP) is 5.99. The molecule has 7 nitrogen and oxygen atoms in total. The summed E-state index contributed by atoms with van der Waals surface area (Å²) in [5, 5.41) is 4.73. The predicted molar refractivity (Wildman–Crippen MR) is 156 cm³/mol. The molecule has 0 aliphatic carbocycles. The Kier molecular flexibility index (Phi) is 9.36. The molecule has 208 valence electrons. The van der Waals surface area contributed by atoms with Gasteiger partial charge in [-0.2, -0.15) is 0 Å². The number of amides is 1. The van der Waals surface area contributed by atoms with Crippen LogP contribution < -0.4 is 5.32 Å². The summed E-state index contributed by atoms with van der Waals surface area (Å²) in [6.07, 6.45) is 5.07. The number of ether oxygens (including phenoxy) is 2. The van der Waals surface area contributed by atoms with Gasteiger partial charge in [-0.15, -0.1) is 18.2 Å². The lowest BCUT2D eigenvalue weighted by Gasteiger charge is -2.41. The molecule has 0 saturated carbocycles. The second-order valence-corrected chi connectivity index (χ2v) is 10.3. The smallest absolute Gasteiger partial charge is 0.329 e. The topological polar surface area (TPSA) is 83.7 Å². The van der Waals surface area contributed by atoms with E-state index in [1.807, 2.05) is 54.6 Å². The van der Waals surface area contributed by atoms with E-state index in [0.717, 1.165) is 52.7 Å². The van der Waals surface area contributed by atoms with Gasteiger partial charge in [0.1, 0.15) is 18.5 Å². The standard InChI is InChI=1S/C31H38ClN3O4/c1-5-16-31(6-2,7-3)34-22-14-12-21(13-15-22)29-28-24(23-10-8-9-11-25(23)33-28)19-26(35(29)27(36)20-32)30(37)39-18-17-38-4/h5,8-15,26,29,33-34H,1,6-7,16-20H2,2-4H3/t26-,29+/m1/s1. The van der Waals surface area contributed by atoms with Crippen LogP contribution in [0.1, 0.15) is 56.0 Å². The van der Waals surface area contributed by atoms with Crippen molar-refractivity contribution in [3.63, 3.8) is 0 Å². The normalized spacial score (nSPS) is 17.1. The number of aromatic amines is 1. The average Bonchev–Trinajstić information content (AvgIpc) is 3.34. The van der Waals surface area contributed by atoms with Crippen LogP contribution in [0.25, 0.3) is 10.9 Å². The fraction of sp³-hybridized carbons (Fsp3) is 0.419. The molecule has 3 aromatic rings. The summed E-state index contributed by atoms with van der Waals surface area (Å²) in [4.78, 5) is 31.8. The molecule has 2 N–H and O–H groups in total. The van der Waals surface area contributed by atoms with E-state index in [0.29, 0.717) is 6.42 Å². The number of hydrogen-bond donors (Lipinski definition) is 2. The first-order valence-corrected chi connectivity index (χ1v) is 14.1. The van der Waals surface area contributed by atoms with Crippen molar-refractivity contribution in [1.29, 1.82) is 0 Å². The maximum Gasteiger partial charge on any atom is 0.329 e. The summed E-state index contributed by atoms with van der Waals surface area (Å²) in [6.45, 7) is 8.68.